The van der Waals surface area contributed by atoms with Crippen LogP contribution in [0.15, 0.2) is 72.8 Å². The molecule has 0 amide bonds. The van der Waals surface area contributed by atoms with Gasteiger partial charge < -0.3 is 10.1 Å². The van der Waals surface area contributed by atoms with Gasteiger partial charge in [-0.1, -0.05) is 36.4 Å². The van der Waals surface area contributed by atoms with Crippen molar-refractivity contribution < 1.29 is 4.74 Å². The topological polar surface area (TPSA) is 75.3 Å². The number of halogens is 1. The van der Waals surface area contributed by atoms with Gasteiger partial charge in [-0.25, -0.2) is 4.52 Å². The van der Waals surface area contributed by atoms with Gasteiger partial charge in [-0.3, -0.25) is 5.41 Å². The number of rotatable bonds is 5. The van der Waals surface area contributed by atoms with E-state index >= 15 is 0 Å². The molecule has 0 unspecified atom stereocenters. The highest BCUT2D eigenvalue weighted by Gasteiger charge is 2.11. The molecule has 0 radical (unpaired) electrons. The van der Waals surface area contributed by atoms with E-state index in [0.29, 0.717) is 12.6 Å². The second kappa shape index (κ2) is 8.54. The summed E-state index contributed by atoms with van der Waals surface area (Å²) < 4.78 is 7.12. The highest BCUT2D eigenvalue weighted by atomic mass is 35.5. The van der Waals surface area contributed by atoms with Crippen LogP contribution in [-0.4, -0.2) is 27.1 Å². The third-order valence-corrected chi connectivity index (χ3v) is 4.10. The van der Waals surface area contributed by atoms with Crippen LogP contribution in [0, 0.1) is 5.41 Å². The summed E-state index contributed by atoms with van der Waals surface area (Å²) in [7, 11) is 0. The number of benzene rings is 2. The van der Waals surface area contributed by atoms with Crippen molar-refractivity contribution in [3.8, 4) is 11.3 Å². The molecule has 0 saturated carbocycles. The molecule has 2 N–H and O–H groups in total. The van der Waals surface area contributed by atoms with Crippen LogP contribution in [0.5, 0.6) is 0 Å². The SMILES string of the molecule is CCOC(=N)c1cccc(-c2cccc3nc(Nc4ccccc4)nn23)c1.Cl. The molecule has 6 nitrogen and oxygen atoms in total. The Morgan fingerprint density at radius 2 is 1.82 bits per heavy atom. The first-order valence-electron chi connectivity index (χ1n) is 8.74. The molecular weight excluding hydrogens is 374 g/mol. The monoisotopic (exact) mass is 393 g/mol. The molecule has 2 heterocycles. The van der Waals surface area contributed by atoms with Gasteiger partial charge in [-0.05, 0) is 43.3 Å². The van der Waals surface area contributed by atoms with Gasteiger partial charge in [0.1, 0.15) is 0 Å². The lowest BCUT2D eigenvalue weighted by Crippen LogP contribution is -2.05. The molecule has 4 rings (SSSR count). The van der Waals surface area contributed by atoms with Gasteiger partial charge in [0.2, 0.25) is 11.8 Å². The van der Waals surface area contributed by atoms with Crippen LogP contribution in [0.1, 0.15) is 12.5 Å². The number of nitrogens with zero attached hydrogens (tertiary/aromatic N) is 3. The molecule has 2 aromatic heterocycles. The molecular formula is C21H20ClN5O. The molecule has 7 heteroatoms. The molecule has 28 heavy (non-hydrogen) atoms. The van der Waals surface area contributed by atoms with Gasteiger partial charge in [-0.15, -0.1) is 17.5 Å². The maximum absolute atomic E-state index is 8.01. The third-order valence-electron chi connectivity index (χ3n) is 4.10. The van der Waals surface area contributed by atoms with Crippen molar-refractivity contribution in [3.05, 3.63) is 78.4 Å². The summed E-state index contributed by atoms with van der Waals surface area (Å²) in [4.78, 5) is 4.55. The Morgan fingerprint density at radius 1 is 1.04 bits per heavy atom. The fraction of sp³-hybridized carbons (Fsp3) is 0.0952. The summed E-state index contributed by atoms with van der Waals surface area (Å²) in [6, 6.07) is 23.4. The lowest BCUT2D eigenvalue weighted by Gasteiger charge is -2.08. The summed E-state index contributed by atoms with van der Waals surface area (Å²) in [5, 5.41) is 15.8. The molecule has 0 fully saturated rings. The maximum Gasteiger partial charge on any atom is 0.247 e. The molecule has 0 aliphatic heterocycles. The zero-order chi connectivity index (χ0) is 18.6. The van der Waals surface area contributed by atoms with Gasteiger partial charge in [0.05, 0.1) is 12.3 Å². The highest BCUT2D eigenvalue weighted by Crippen LogP contribution is 2.23. The molecule has 0 aliphatic carbocycles. The van der Waals surface area contributed by atoms with E-state index in [1.54, 1.807) is 4.52 Å². The molecule has 0 aliphatic rings. The normalized spacial score (nSPS) is 10.3. The number of hydrogen-bond donors (Lipinski definition) is 2. The highest BCUT2D eigenvalue weighted by molar-refractivity contribution is 5.93. The van der Waals surface area contributed by atoms with E-state index in [4.69, 9.17) is 10.1 Å². The molecule has 0 saturated heterocycles. The van der Waals surface area contributed by atoms with E-state index in [0.717, 1.165) is 28.2 Å². The maximum atomic E-state index is 8.01. The Balaban J connectivity index is 0.00000225. The van der Waals surface area contributed by atoms with Crippen LogP contribution in [0.3, 0.4) is 0 Å². The van der Waals surface area contributed by atoms with Crippen LogP contribution in [0.25, 0.3) is 16.9 Å². The fourth-order valence-electron chi connectivity index (χ4n) is 2.87. The quantitative estimate of drug-likeness (QED) is 0.372. The Hall–Kier alpha value is -3.38. The van der Waals surface area contributed by atoms with Crippen molar-refractivity contribution in [2.45, 2.75) is 6.92 Å². The van der Waals surface area contributed by atoms with Gasteiger partial charge in [0, 0.05) is 16.8 Å². The Bertz CT molecular complexity index is 1090. The van der Waals surface area contributed by atoms with Crippen molar-refractivity contribution in [2.24, 2.45) is 0 Å². The van der Waals surface area contributed by atoms with Crippen molar-refractivity contribution in [2.75, 3.05) is 11.9 Å². The second-order valence-electron chi connectivity index (χ2n) is 5.95. The predicted octanol–water partition coefficient (Wildman–Crippen LogP) is 4.92. The number of para-hydroxylation sites is 1. The van der Waals surface area contributed by atoms with Crippen molar-refractivity contribution in [3.63, 3.8) is 0 Å². The average Bonchev–Trinajstić information content (AvgIpc) is 3.11. The molecule has 2 aromatic carbocycles. The summed E-state index contributed by atoms with van der Waals surface area (Å²) in [5.74, 6) is 0.698. The number of hydrogen-bond acceptors (Lipinski definition) is 5. The minimum Gasteiger partial charge on any atom is -0.478 e. The number of aromatic nitrogens is 3. The van der Waals surface area contributed by atoms with Crippen molar-refractivity contribution in [1.29, 1.82) is 5.41 Å². The van der Waals surface area contributed by atoms with E-state index in [9.17, 15) is 0 Å². The Morgan fingerprint density at radius 3 is 2.61 bits per heavy atom. The minimum atomic E-state index is 0. The van der Waals surface area contributed by atoms with Crippen LogP contribution >= 0.6 is 12.4 Å². The third kappa shape index (κ3) is 3.97. The van der Waals surface area contributed by atoms with E-state index in [2.05, 4.69) is 15.4 Å². The molecule has 142 valence electrons. The van der Waals surface area contributed by atoms with E-state index in [-0.39, 0.29) is 18.3 Å². The number of nitrogens with one attached hydrogen (secondary N) is 2. The first-order chi connectivity index (χ1) is 13.2. The van der Waals surface area contributed by atoms with Gasteiger partial charge >= 0.3 is 0 Å². The van der Waals surface area contributed by atoms with Crippen LogP contribution in [-0.2, 0) is 4.74 Å². The molecule has 0 bridgehead atoms. The minimum absolute atomic E-state index is 0. The lowest BCUT2D eigenvalue weighted by atomic mass is 10.1. The van der Waals surface area contributed by atoms with Crippen LogP contribution < -0.4 is 5.32 Å². The standard InChI is InChI=1S/C21H19N5O.ClH/c1-2-27-20(22)16-9-6-8-15(14-16)18-12-7-13-19-24-21(25-26(18)19)23-17-10-4-3-5-11-17;/h3-14,22H,2H2,1H3,(H,23,25);1H. The van der Waals surface area contributed by atoms with Gasteiger partial charge in [0.15, 0.2) is 5.65 Å². The first-order valence-corrected chi connectivity index (χ1v) is 8.74. The number of fused-ring (bicyclic) bond motifs is 1. The summed E-state index contributed by atoms with van der Waals surface area (Å²) >= 11 is 0. The van der Waals surface area contributed by atoms with Crippen LogP contribution in [0.4, 0.5) is 11.6 Å². The molecule has 0 atom stereocenters. The van der Waals surface area contributed by atoms with E-state index in [1.165, 1.54) is 0 Å². The summed E-state index contributed by atoms with van der Waals surface area (Å²) in [6.45, 7) is 2.34. The summed E-state index contributed by atoms with van der Waals surface area (Å²) in [5.41, 5.74) is 4.25. The smallest absolute Gasteiger partial charge is 0.247 e. The Labute approximate surface area is 169 Å². The predicted molar refractivity (Wildman–Crippen MR) is 114 cm³/mol. The lowest BCUT2D eigenvalue weighted by molar-refractivity contribution is 0.325. The van der Waals surface area contributed by atoms with E-state index in [1.807, 2.05) is 79.7 Å². The fourth-order valence-corrected chi connectivity index (χ4v) is 2.87. The summed E-state index contributed by atoms with van der Waals surface area (Å²) in [6.07, 6.45) is 0. The number of pyridine rings is 1. The molecule has 4 aromatic rings. The number of ether oxygens (including phenoxy) is 1. The van der Waals surface area contributed by atoms with E-state index < -0.39 is 0 Å². The zero-order valence-corrected chi connectivity index (χ0v) is 16.1. The van der Waals surface area contributed by atoms with Crippen LogP contribution in [0.2, 0.25) is 0 Å². The second-order valence-corrected chi connectivity index (χ2v) is 5.95. The largest absolute Gasteiger partial charge is 0.478 e. The Kier molecular flexibility index (Phi) is 5.91. The first kappa shape index (κ1) is 19.4. The van der Waals surface area contributed by atoms with Gasteiger partial charge in [0.25, 0.3) is 0 Å². The van der Waals surface area contributed by atoms with Gasteiger partial charge in [-0.2, -0.15) is 4.98 Å². The molecule has 0 spiro atoms. The van der Waals surface area contributed by atoms with Crippen molar-refractivity contribution >= 4 is 35.6 Å². The number of anilines is 2. The average molecular weight is 394 g/mol. The zero-order valence-electron chi connectivity index (χ0n) is 15.3. The van der Waals surface area contributed by atoms with Crippen molar-refractivity contribution in [1.82, 2.24) is 14.6 Å².